The average molecular weight is 370 g/mol. The van der Waals surface area contributed by atoms with Gasteiger partial charge in [0.2, 0.25) is 0 Å². The van der Waals surface area contributed by atoms with Gasteiger partial charge in [0, 0.05) is 12.2 Å². The van der Waals surface area contributed by atoms with E-state index < -0.39 is 12.1 Å². The van der Waals surface area contributed by atoms with Gasteiger partial charge in [-0.15, -0.1) is 0 Å². The van der Waals surface area contributed by atoms with Crippen LogP contribution in [0.1, 0.15) is 17.3 Å². The highest BCUT2D eigenvalue weighted by Gasteiger charge is 2.33. The minimum Gasteiger partial charge on any atom is -0.497 e. The number of carbonyl (C=O) groups is 2. The number of carbonyl (C=O) groups excluding carboxylic acids is 1. The number of aliphatic carboxylic acids is 1. The number of morpholine rings is 1. The zero-order valence-electron chi connectivity index (χ0n) is 15.2. The predicted molar refractivity (Wildman–Crippen MR) is 101 cm³/mol. The number of para-hydroxylation sites is 1. The molecule has 27 heavy (non-hydrogen) atoms. The van der Waals surface area contributed by atoms with E-state index in [1.165, 1.54) is 4.90 Å². The zero-order chi connectivity index (χ0) is 19.4. The monoisotopic (exact) mass is 370 g/mol. The smallest absolute Gasteiger partial charge is 0.334 e. The molecule has 1 saturated heterocycles. The molecule has 1 heterocycles. The molecule has 1 fully saturated rings. The van der Waals surface area contributed by atoms with E-state index in [9.17, 15) is 14.7 Å². The van der Waals surface area contributed by atoms with Gasteiger partial charge in [-0.25, -0.2) is 4.79 Å². The Morgan fingerprint density at radius 2 is 1.85 bits per heavy atom. The number of carboxylic acid groups (broad SMARTS) is 1. The zero-order valence-corrected chi connectivity index (χ0v) is 15.2. The second-order valence-electron chi connectivity index (χ2n) is 6.38. The highest BCUT2D eigenvalue weighted by atomic mass is 16.5. The van der Waals surface area contributed by atoms with Crippen LogP contribution in [0.2, 0.25) is 0 Å². The van der Waals surface area contributed by atoms with E-state index in [1.807, 2.05) is 36.4 Å². The van der Waals surface area contributed by atoms with E-state index in [0.717, 1.165) is 11.4 Å². The number of rotatable bonds is 5. The molecule has 1 amide bonds. The molecule has 1 aliphatic rings. The Kier molecular flexibility index (Phi) is 5.61. The van der Waals surface area contributed by atoms with Gasteiger partial charge in [-0.2, -0.15) is 0 Å². The fourth-order valence-corrected chi connectivity index (χ4v) is 3.03. The van der Waals surface area contributed by atoms with Crippen molar-refractivity contribution in [2.45, 2.75) is 19.1 Å². The molecule has 3 rings (SSSR count). The first-order valence-corrected chi connectivity index (χ1v) is 8.65. The van der Waals surface area contributed by atoms with Crippen molar-refractivity contribution in [2.24, 2.45) is 0 Å². The maximum absolute atomic E-state index is 13.0. The number of benzene rings is 2. The van der Waals surface area contributed by atoms with Crippen LogP contribution in [0.4, 0.5) is 11.4 Å². The van der Waals surface area contributed by atoms with Crippen LogP contribution < -0.4 is 10.1 Å². The van der Waals surface area contributed by atoms with Crippen molar-refractivity contribution in [3.05, 3.63) is 54.1 Å². The van der Waals surface area contributed by atoms with E-state index in [0.29, 0.717) is 17.8 Å². The maximum Gasteiger partial charge on any atom is 0.334 e. The number of hydrogen-bond donors (Lipinski definition) is 2. The Balaban J connectivity index is 1.81. The summed E-state index contributed by atoms with van der Waals surface area (Å²) < 4.78 is 10.5. The molecule has 0 spiro atoms. The lowest BCUT2D eigenvalue weighted by Crippen LogP contribution is -2.51. The number of nitrogens with zero attached hydrogens (tertiary/aromatic N) is 1. The molecular weight excluding hydrogens is 348 g/mol. The number of nitrogens with one attached hydrogen (secondary N) is 1. The predicted octanol–water partition coefficient (Wildman–Crippen LogP) is 2.75. The lowest BCUT2D eigenvalue weighted by Gasteiger charge is -2.35. The van der Waals surface area contributed by atoms with Gasteiger partial charge in [0.1, 0.15) is 5.75 Å². The van der Waals surface area contributed by atoms with E-state index in [-0.39, 0.29) is 18.6 Å². The Morgan fingerprint density at radius 3 is 2.52 bits per heavy atom. The summed E-state index contributed by atoms with van der Waals surface area (Å²) >= 11 is 0. The van der Waals surface area contributed by atoms with Crippen LogP contribution in [0.3, 0.4) is 0 Å². The summed E-state index contributed by atoms with van der Waals surface area (Å²) in [5, 5.41) is 12.5. The normalized spacial score (nSPS) is 19.4. The molecule has 0 saturated carbocycles. The van der Waals surface area contributed by atoms with Crippen LogP contribution in [0, 0.1) is 0 Å². The molecule has 0 radical (unpaired) electrons. The van der Waals surface area contributed by atoms with Crippen LogP contribution in [-0.4, -0.2) is 54.3 Å². The average Bonchev–Trinajstić information content (AvgIpc) is 2.68. The molecule has 0 aliphatic carbocycles. The number of ether oxygens (including phenoxy) is 2. The fourth-order valence-electron chi connectivity index (χ4n) is 3.03. The third-order valence-electron chi connectivity index (χ3n) is 4.35. The van der Waals surface area contributed by atoms with E-state index in [1.54, 1.807) is 26.2 Å². The number of carboxylic acids is 1. The van der Waals surface area contributed by atoms with Crippen molar-refractivity contribution >= 4 is 23.3 Å². The Hall–Kier alpha value is -3.06. The lowest BCUT2D eigenvalue weighted by atomic mass is 10.1. The first kappa shape index (κ1) is 18.7. The van der Waals surface area contributed by atoms with Crippen molar-refractivity contribution in [2.75, 3.05) is 25.5 Å². The molecule has 2 N–H and O–H groups in total. The highest BCUT2D eigenvalue weighted by Crippen LogP contribution is 2.25. The summed E-state index contributed by atoms with van der Waals surface area (Å²) in [5.41, 5.74) is 1.94. The Bertz CT molecular complexity index is 821. The summed E-state index contributed by atoms with van der Waals surface area (Å²) in [6.45, 7) is 2.13. The van der Waals surface area contributed by atoms with Crippen molar-refractivity contribution in [1.29, 1.82) is 0 Å². The topological polar surface area (TPSA) is 88.1 Å². The van der Waals surface area contributed by atoms with Crippen LogP contribution >= 0.6 is 0 Å². The van der Waals surface area contributed by atoms with Gasteiger partial charge >= 0.3 is 5.97 Å². The molecule has 7 heteroatoms. The van der Waals surface area contributed by atoms with E-state index in [2.05, 4.69) is 5.32 Å². The van der Waals surface area contributed by atoms with Gasteiger partial charge < -0.3 is 24.8 Å². The highest BCUT2D eigenvalue weighted by molar-refractivity contribution is 6.00. The molecule has 0 aromatic heterocycles. The Labute approximate surface area is 157 Å². The summed E-state index contributed by atoms with van der Waals surface area (Å²) in [4.78, 5) is 25.9. The molecule has 2 atom stereocenters. The second kappa shape index (κ2) is 8.09. The summed E-state index contributed by atoms with van der Waals surface area (Å²) in [6, 6.07) is 14.5. The quantitative estimate of drug-likeness (QED) is 0.841. The summed E-state index contributed by atoms with van der Waals surface area (Å²) in [5.74, 6) is -0.552. The number of methoxy groups -OCH3 is 1. The minimum atomic E-state index is -1.07. The van der Waals surface area contributed by atoms with Crippen LogP contribution in [0.15, 0.2) is 48.5 Å². The molecule has 1 unspecified atom stereocenters. The van der Waals surface area contributed by atoms with Crippen LogP contribution in [0.25, 0.3) is 0 Å². The maximum atomic E-state index is 13.0. The standard InChI is InChI=1S/C20H22N2O5/c1-13-11-22(12-18(27-13)20(24)25)19(23)16-5-3-4-6-17(16)21-14-7-9-15(26-2)10-8-14/h3-10,13,18,21H,11-12H2,1-2H3,(H,24,25)/t13-,18?/m1/s1. The van der Waals surface area contributed by atoms with Gasteiger partial charge in [-0.3, -0.25) is 4.79 Å². The number of amides is 1. The van der Waals surface area contributed by atoms with Crippen molar-refractivity contribution in [3.8, 4) is 5.75 Å². The van der Waals surface area contributed by atoms with Crippen molar-refractivity contribution in [3.63, 3.8) is 0 Å². The largest absolute Gasteiger partial charge is 0.497 e. The Morgan fingerprint density at radius 1 is 1.15 bits per heavy atom. The van der Waals surface area contributed by atoms with Gasteiger partial charge in [0.15, 0.2) is 6.10 Å². The SMILES string of the molecule is COc1ccc(Nc2ccccc2C(=O)N2CC(C(=O)O)O[C@H](C)C2)cc1. The molecule has 0 bridgehead atoms. The van der Waals surface area contributed by atoms with Gasteiger partial charge in [0.25, 0.3) is 5.91 Å². The molecular formula is C20H22N2O5. The molecule has 7 nitrogen and oxygen atoms in total. The third kappa shape index (κ3) is 4.38. The van der Waals surface area contributed by atoms with Crippen LogP contribution in [-0.2, 0) is 9.53 Å². The van der Waals surface area contributed by atoms with E-state index in [4.69, 9.17) is 9.47 Å². The fraction of sp³-hybridized carbons (Fsp3) is 0.300. The third-order valence-corrected chi connectivity index (χ3v) is 4.35. The molecule has 2 aromatic carbocycles. The molecule has 1 aliphatic heterocycles. The van der Waals surface area contributed by atoms with Gasteiger partial charge in [-0.05, 0) is 43.3 Å². The first-order valence-electron chi connectivity index (χ1n) is 8.65. The number of anilines is 2. The molecule has 142 valence electrons. The van der Waals surface area contributed by atoms with Gasteiger partial charge in [-0.1, -0.05) is 12.1 Å². The van der Waals surface area contributed by atoms with Crippen LogP contribution in [0.5, 0.6) is 5.75 Å². The van der Waals surface area contributed by atoms with Crippen molar-refractivity contribution < 1.29 is 24.2 Å². The first-order chi connectivity index (χ1) is 13.0. The minimum absolute atomic E-state index is 0.0232. The van der Waals surface area contributed by atoms with Crippen molar-refractivity contribution in [1.82, 2.24) is 4.90 Å². The lowest BCUT2D eigenvalue weighted by molar-refractivity contribution is -0.160. The second-order valence-corrected chi connectivity index (χ2v) is 6.38. The number of hydrogen-bond acceptors (Lipinski definition) is 5. The summed E-state index contributed by atoms with van der Waals surface area (Å²) in [7, 11) is 1.60. The summed E-state index contributed by atoms with van der Waals surface area (Å²) in [6.07, 6.45) is -1.36. The van der Waals surface area contributed by atoms with E-state index >= 15 is 0 Å². The molecule has 2 aromatic rings. The van der Waals surface area contributed by atoms with Gasteiger partial charge in [0.05, 0.1) is 31.0 Å².